The molecule has 27 heavy (non-hydrogen) atoms. The first kappa shape index (κ1) is 17.5. The number of pyridine rings is 1. The molecule has 7 nitrogen and oxygen atoms in total. The maximum absolute atomic E-state index is 13.1. The van der Waals surface area contributed by atoms with Gasteiger partial charge in [0, 0.05) is 39.0 Å². The van der Waals surface area contributed by atoms with Gasteiger partial charge in [-0.05, 0) is 30.7 Å². The second-order valence-corrected chi connectivity index (χ2v) is 6.90. The number of furan rings is 1. The number of hydrogen-bond donors (Lipinski definition) is 1. The van der Waals surface area contributed by atoms with Crippen LogP contribution in [-0.4, -0.2) is 31.9 Å². The van der Waals surface area contributed by atoms with Crippen molar-refractivity contribution >= 4 is 5.91 Å². The number of aryl methyl sites for hydroxylation is 2. The number of nitrogens with zero attached hydrogens (tertiary/aromatic N) is 4. The van der Waals surface area contributed by atoms with Crippen molar-refractivity contribution in [1.29, 1.82) is 0 Å². The van der Waals surface area contributed by atoms with E-state index >= 15 is 0 Å². The van der Waals surface area contributed by atoms with E-state index in [1.165, 1.54) is 0 Å². The molecule has 7 heteroatoms. The van der Waals surface area contributed by atoms with Gasteiger partial charge in [-0.3, -0.25) is 14.7 Å². The number of amides is 1. The Morgan fingerprint density at radius 2 is 2.26 bits per heavy atom. The maximum Gasteiger partial charge on any atom is 0.243 e. The molecule has 0 unspecified atom stereocenters. The zero-order chi connectivity index (χ0) is 18.8. The van der Waals surface area contributed by atoms with Gasteiger partial charge >= 0.3 is 0 Å². The molecule has 1 atom stereocenters. The van der Waals surface area contributed by atoms with Gasteiger partial charge in [0.25, 0.3) is 0 Å². The third-order valence-electron chi connectivity index (χ3n) is 4.91. The van der Waals surface area contributed by atoms with Crippen LogP contribution in [0.15, 0.2) is 47.4 Å². The summed E-state index contributed by atoms with van der Waals surface area (Å²) in [4.78, 5) is 24.0. The molecule has 0 aliphatic carbocycles. The molecule has 140 valence electrons. The summed E-state index contributed by atoms with van der Waals surface area (Å²) in [6.07, 6.45) is 6.22. The number of hydrogen-bond acceptors (Lipinski definition) is 5. The molecule has 0 bridgehead atoms. The molecule has 0 saturated carbocycles. The topological polar surface area (TPSA) is 76.2 Å². The highest BCUT2D eigenvalue weighted by Crippen LogP contribution is 2.30. The predicted octanol–water partition coefficient (Wildman–Crippen LogP) is 2.13. The molecule has 3 aromatic heterocycles. The van der Waals surface area contributed by atoms with Gasteiger partial charge < -0.3 is 14.3 Å². The van der Waals surface area contributed by atoms with Gasteiger partial charge in [0.1, 0.15) is 17.6 Å². The normalized spacial score (nSPS) is 16.9. The number of rotatable bonds is 5. The number of aromatic nitrogens is 3. The van der Waals surface area contributed by atoms with Crippen molar-refractivity contribution in [2.24, 2.45) is 7.05 Å². The van der Waals surface area contributed by atoms with E-state index < -0.39 is 6.04 Å². The number of nitrogens with one attached hydrogen (secondary N) is 1. The highest BCUT2D eigenvalue weighted by atomic mass is 16.3. The van der Waals surface area contributed by atoms with Gasteiger partial charge in [0.15, 0.2) is 0 Å². The van der Waals surface area contributed by atoms with E-state index in [0.717, 1.165) is 41.4 Å². The van der Waals surface area contributed by atoms with Crippen LogP contribution in [0.2, 0.25) is 0 Å². The first-order chi connectivity index (χ1) is 13.1. The second kappa shape index (κ2) is 7.36. The Morgan fingerprint density at radius 3 is 3.00 bits per heavy atom. The predicted molar refractivity (Wildman–Crippen MR) is 99.6 cm³/mol. The highest BCUT2D eigenvalue weighted by molar-refractivity contribution is 5.83. The summed E-state index contributed by atoms with van der Waals surface area (Å²) in [6.45, 7) is 3.70. The van der Waals surface area contributed by atoms with E-state index in [1.807, 2.05) is 49.0 Å². The molecule has 0 radical (unpaired) electrons. The number of carbonyl (C=O) groups is 1. The van der Waals surface area contributed by atoms with E-state index in [0.29, 0.717) is 13.1 Å². The van der Waals surface area contributed by atoms with Crippen molar-refractivity contribution in [2.45, 2.75) is 32.5 Å². The lowest BCUT2D eigenvalue weighted by Crippen LogP contribution is -2.44. The quantitative estimate of drug-likeness (QED) is 0.750. The first-order valence-corrected chi connectivity index (χ1v) is 9.08. The summed E-state index contributed by atoms with van der Waals surface area (Å²) in [5, 5.41) is 3.02. The molecule has 4 rings (SSSR count). The smallest absolute Gasteiger partial charge is 0.243 e. The zero-order valence-electron chi connectivity index (χ0n) is 15.6. The average Bonchev–Trinajstić information content (AvgIpc) is 3.26. The highest BCUT2D eigenvalue weighted by Gasteiger charge is 2.36. The van der Waals surface area contributed by atoms with Crippen LogP contribution in [0.5, 0.6) is 0 Å². The van der Waals surface area contributed by atoms with Crippen molar-refractivity contribution in [3.05, 3.63) is 71.5 Å². The molecule has 0 fully saturated rings. The van der Waals surface area contributed by atoms with Gasteiger partial charge in [0.2, 0.25) is 5.91 Å². The van der Waals surface area contributed by atoms with Crippen molar-refractivity contribution in [3.8, 4) is 0 Å². The van der Waals surface area contributed by atoms with Crippen LogP contribution in [0.4, 0.5) is 0 Å². The minimum absolute atomic E-state index is 0.0440. The van der Waals surface area contributed by atoms with Crippen LogP contribution >= 0.6 is 0 Å². The SMILES string of the molecule is Cc1ccc(CNC(=O)[C@H]2c3c(ncn3C)CCN2Cc2cccnc2)o1. The Balaban J connectivity index is 1.57. The van der Waals surface area contributed by atoms with Gasteiger partial charge in [-0.1, -0.05) is 6.07 Å². The van der Waals surface area contributed by atoms with Crippen LogP contribution in [0.25, 0.3) is 0 Å². The molecule has 3 aromatic rings. The number of imidazole rings is 1. The molecular weight excluding hydrogens is 342 g/mol. The lowest BCUT2D eigenvalue weighted by Gasteiger charge is -2.34. The molecule has 4 heterocycles. The van der Waals surface area contributed by atoms with Crippen molar-refractivity contribution in [3.63, 3.8) is 0 Å². The fraction of sp³-hybridized carbons (Fsp3) is 0.350. The van der Waals surface area contributed by atoms with Crippen LogP contribution in [0.3, 0.4) is 0 Å². The summed E-state index contributed by atoms with van der Waals surface area (Å²) in [5.41, 5.74) is 3.04. The summed E-state index contributed by atoms with van der Waals surface area (Å²) < 4.78 is 7.52. The lowest BCUT2D eigenvalue weighted by atomic mass is 10.0. The zero-order valence-corrected chi connectivity index (χ0v) is 15.6. The third kappa shape index (κ3) is 3.64. The van der Waals surface area contributed by atoms with Crippen molar-refractivity contribution < 1.29 is 9.21 Å². The Bertz CT molecular complexity index is 931. The maximum atomic E-state index is 13.1. The van der Waals surface area contributed by atoms with Crippen LogP contribution in [0, 0.1) is 6.92 Å². The third-order valence-corrected chi connectivity index (χ3v) is 4.91. The van der Waals surface area contributed by atoms with Crippen LogP contribution in [0.1, 0.15) is 34.5 Å². The van der Waals surface area contributed by atoms with E-state index in [1.54, 1.807) is 12.5 Å². The first-order valence-electron chi connectivity index (χ1n) is 9.08. The van der Waals surface area contributed by atoms with Crippen LogP contribution in [-0.2, 0) is 31.4 Å². The average molecular weight is 365 g/mol. The fourth-order valence-corrected chi connectivity index (χ4v) is 3.62. The summed E-state index contributed by atoms with van der Waals surface area (Å²) in [6, 6.07) is 7.35. The largest absolute Gasteiger partial charge is 0.465 e. The minimum atomic E-state index is -0.391. The molecule has 1 amide bonds. The Morgan fingerprint density at radius 1 is 1.37 bits per heavy atom. The van der Waals surface area contributed by atoms with Crippen molar-refractivity contribution in [1.82, 2.24) is 24.8 Å². The van der Waals surface area contributed by atoms with E-state index in [2.05, 4.69) is 20.2 Å². The summed E-state index contributed by atoms with van der Waals surface area (Å²) in [7, 11) is 1.94. The summed E-state index contributed by atoms with van der Waals surface area (Å²) in [5.74, 6) is 1.54. The van der Waals surface area contributed by atoms with Gasteiger partial charge in [-0.2, -0.15) is 0 Å². The lowest BCUT2D eigenvalue weighted by molar-refractivity contribution is -0.127. The van der Waals surface area contributed by atoms with Gasteiger partial charge in [-0.15, -0.1) is 0 Å². The molecule has 0 spiro atoms. The molecule has 1 N–H and O–H groups in total. The van der Waals surface area contributed by atoms with Gasteiger partial charge in [-0.25, -0.2) is 4.98 Å². The Hall–Kier alpha value is -2.93. The molecular formula is C20H23N5O2. The Kier molecular flexibility index (Phi) is 4.77. The Labute approximate surface area is 158 Å². The molecule has 1 aliphatic rings. The van der Waals surface area contributed by atoms with E-state index in [4.69, 9.17) is 4.42 Å². The number of fused-ring (bicyclic) bond motifs is 1. The van der Waals surface area contributed by atoms with E-state index in [9.17, 15) is 4.79 Å². The standard InChI is InChI=1S/C20H23N5O2/c1-14-5-6-16(27-14)11-22-20(26)19-18-17(23-13-24(18)2)7-9-25(19)12-15-4-3-8-21-10-15/h3-6,8,10,13,19H,7,9,11-12H2,1-2H3,(H,22,26)/t19-/m1/s1. The number of carbonyl (C=O) groups excluding carboxylic acids is 1. The van der Waals surface area contributed by atoms with Crippen LogP contribution < -0.4 is 5.32 Å². The fourth-order valence-electron chi connectivity index (χ4n) is 3.62. The van der Waals surface area contributed by atoms with E-state index in [-0.39, 0.29) is 5.91 Å². The second-order valence-electron chi connectivity index (χ2n) is 6.90. The molecule has 0 aromatic carbocycles. The van der Waals surface area contributed by atoms with Crippen molar-refractivity contribution in [2.75, 3.05) is 6.54 Å². The minimum Gasteiger partial charge on any atom is -0.465 e. The monoisotopic (exact) mass is 365 g/mol. The van der Waals surface area contributed by atoms with Gasteiger partial charge in [0.05, 0.1) is 24.3 Å². The molecule has 0 saturated heterocycles. The summed E-state index contributed by atoms with van der Waals surface area (Å²) >= 11 is 0. The molecule has 1 aliphatic heterocycles.